The minimum Gasteiger partial charge on any atom is -0.317 e. The van der Waals surface area contributed by atoms with Crippen LogP contribution in [0.4, 0.5) is 0 Å². The first-order chi connectivity index (χ1) is 6.70. The summed E-state index contributed by atoms with van der Waals surface area (Å²) in [6.45, 7) is 4.50. The summed E-state index contributed by atoms with van der Waals surface area (Å²) in [5.74, 6) is 0.624. The summed E-state index contributed by atoms with van der Waals surface area (Å²) >= 11 is 2.03. The predicted molar refractivity (Wildman–Crippen MR) is 64.1 cm³/mol. The van der Waals surface area contributed by atoms with E-state index in [1.54, 1.807) is 0 Å². The number of thioether (sulfide) groups is 1. The summed E-state index contributed by atoms with van der Waals surface area (Å²) in [6, 6.07) is 1.35. The second kappa shape index (κ2) is 4.23. The van der Waals surface area contributed by atoms with Crippen molar-refractivity contribution in [2.75, 3.05) is 7.05 Å². The first kappa shape index (κ1) is 10.5. The van der Waals surface area contributed by atoms with Gasteiger partial charge in [-0.05, 0) is 26.3 Å². The van der Waals surface area contributed by atoms with Crippen LogP contribution < -0.4 is 5.32 Å². The van der Waals surface area contributed by atoms with Crippen molar-refractivity contribution >= 4 is 16.8 Å². The molecule has 1 N–H and O–H groups in total. The average Bonchev–Trinajstić information content (AvgIpc) is 2.59. The van der Waals surface area contributed by atoms with Crippen LogP contribution in [0.5, 0.6) is 0 Å². The SMILES string of the molecule is CNC1CCC2N=C(C(C)C)SC2C1. The Morgan fingerprint density at radius 2 is 2.21 bits per heavy atom. The second-order valence-corrected chi connectivity index (χ2v) is 5.90. The van der Waals surface area contributed by atoms with Gasteiger partial charge in [-0.15, -0.1) is 11.8 Å². The van der Waals surface area contributed by atoms with Crippen molar-refractivity contribution in [1.29, 1.82) is 0 Å². The van der Waals surface area contributed by atoms with Crippen LogP contribution in [0.3, 0.4) is 0 Å². The molecule has 0 aromatic carbocycles. The maximum absolute atomic E-state index is 4.83. The highest BCUT2D eigenvalue weighted by atomic mass is 32.2. The molecule has 2 rings (SSSR count). The highest BCUT2D eigenvalue weighted by Gasteiger charge is 2.36. The summed E-state index contributed by atoms with van der Waals surface area (Å²) in [5.41, 5.74) is 0. The number of hydrogen-bond donors (Lipinski definition) is 1. The van der Waals surface area contributed by atoms with E-state index in [1.807, 2.05) is 11.8 Å². The minimum absolute atomic E-state index is 0.624. The van der Waals surface area contributed by atoms with Gasteiger partial charge < -0.3 is 5.32 Å². The van der Waals surface area contributed by atoms with Crippen LogP contribution in [0.1, 0.15) is 33.1 Å². The van der Waals surface area contributed by atoms with Crippen LogP contribution >= 0.6 is 11.8 Å². The lowest BCUT2D eigenvalue weighted by Crippen LogP contribution is -2.37. The Hall–Kier alpha value is -0.0200. The van der Waals surface area contributed by atoms with Gasteiger partial charge in [0.1, 0.15) is 0 Å². The summed E-state index contributed by atoms with van der Waals surface area (Å²) < 4.78 is 0. The molecule has 1 saturated carbocycles. The Morgan fingerprint density at radius 3 is 2.86 bits per heavy atom. The van der Waals surface area contributed by atoms with Crippen molar-refractivity contribution in [2.24, 2.45) is 10.9 Å². The Morgan fingerprint density at radius 1 is 1.43 bits per heavy atom. The quantitative estimate of drug-likeness (QED) is 0.759. The lowest BCUT2D eigenvalue weighted by Gasteiger charge is -2.29. The monoisotopic (exact) mass is 212 g/mol. The second-order valence-electron chi connectivity index (χ2n) is 4.64. The van der Waals surface area contributed by atoms with Gasteiger partial charge in [0.15, 0.2) is 0 Å². The van der Waals surface area contributed by atoms with Gasteiger partial charge in [0.05, 0.1) is 11.1 Å². The number of nitrogens with one attached hydrogen (secondary N) is 1. The van der Waals surface area contributed by atoms with Crippen molar-refractivity contribution in [3.8, 4) is 0 Å². The van der Waals surface area contributed by atoms with E-state index in [-0.39, 0.29) is 0 Å². The fraction of sp³-hybridized carbons (Fsp3) is 0.909. The molecule has 0 aromatic heterocycles. The van der Waals surface area contributed by atoms with E-state index in [1.165, 1.54) is 24.3 Å². The normalized spacial score (nSPS) is 37.1. The number of hydrogen-bond acceptors (Lipinski definition) is 3. The smallest absolute Gasteiger partial charge is 0.0708 e. The molecule has 0 bridgehead atoms. The third-order valence-corrected chi connectivity index (χ3v) is 4.85. The highest BCUT2D eigenvalue weighted by molar-refractivity contribution is 8.14. The summed E-state index contributed by atoms with van der Waals surface area (Å²) in [5, 5.41) is 5.54. The van der Waals surface area contributed by atoms with E-state index < -0.39 is 0 Å². The molecule has 0 amide bonds. The molecule has 3 atom stereocenters. The number of rotatable bonds is 2. The van der Waals surface area contributed by atoms with Gasteiger partial charge in [-0.1, -0.05) is 13.8 Å². The summed E-state index contributed by atoms with van der Waals surface area (Å²) in [4.78, 5) is 4.83. The number of aliphatic imine (C=N–C) groups is 1. The van der Waals surface area contributed by atoms with Crippen LogP contribution in [0, 0.1) is 5.92 Å². The van der Waals surface area contributed by atoms with Crippen LogP contribution in [0.2, 0.25) is 0 Å². The van der Waals surface area contributed by atoms with Crippen LogP contribution in [0.25, 0.3) is 0 Å². The molecule has 0 aromatic rings. The van der Waals surface area contributed by atoms with E-state index in [0.717, 1.165) is 11.3 Å². The predicted octanol–water partition coefficient (Wildman–Crippen LogP) is 2.30. The summed E-state index contributed by atoms with van der Waals surface area (Å²) in [6.07, 6.45) is 3.87. The molecule has 2 aliphatic rings. The lowest BCUT2D eigenvalue weighted by atomic mass is 9.91. The van der Waals surface area contributed by atoms with E-state index in [2.05, 4.69) is 26.2 Å². The van der Waals surface area contributed by atoms with Crippen molar-refractivity contribution in [1.82, 2.24) is 5.32 Å². The van der Waals surface area contributed by atoms with Gasteiger partial charge in [0.2, 0.25) is 0 Å². The number of fused-ring (bicyclic) bond motifs is 1. The van der Waals surface area contributed by atoms with Gasteiger partial charge >= 0.3 is 0 Å². The average molecular weight is 212 g/mol. The number of nitrogens with zero attached hydrogens (tertiary/aromatic N) is 1. The minimum atomic E-state index is 0.624. The third kappa shape index (κ3) is 1.98. The molecule has 80 valence electrons. The molecule has 1 heterocycles. The van der Waals surface area contributed by atoms with Gasteiger partial charge in [0.25, 0.3) is 0 Å². The van der Waals surface area contributed by atoms with E-state index in [9.17, 15) is 0 Å². The fourth-order valence-corrected chi connectivity index (χ4v) is 3.74. The third-order valence-electron chi connectivity index (χ3n) is 3.22. The Labute approximate surface area is 90.9 Å². The first-order valence-corrected chi connectivity index (χ1v) is 6.50. The van der Waals surface area contributed by atoms with Gasteiger partial charge in [-0.3, -0.25) is 4.99 Å². The maximum Gasteiger partial charge on any atom is 0.0708 e. The topological polar surface area (TPSA) is 24.4 Å². The lowest BCUT2D eigenvalue weighted by molar-refractivity contribution is 0.372. The largest absolute Gasteiger partial charge is 0.317 e. The van der Waals surface area contributed by atoms with Crippen LogP contribution in [-0.2, 0) is 0 Å². The molecule has 1 aliphatic heterocycles. The zero-order chi connectivity index (χ0) is 10.1. The standard InChI is InChI=1S/C11H20N2S/c1-7(2)11-13-9-5-4-8(12-3)6-10(9)14-11/h7-10,12H,4-6H2,1-3H3. The zero-order valence-corrected chi connectivity index (χ0v) is 10.1. The van der Waals surface area contributed by atoms with Crippen molar-refractivity contribution < 1.29 is 0 Å². The Kier molecular flexibility index (Phi) is 3.17. The molecule has 0 spiro atoms. The molecule has 1 fully saturated rings. The molecule has 3 heteroatoms. The maximum atomic E-state index is 4.83. The van der Waals surface area contributed by atoms with Gasteiger partial charge in [-0.25, -0.2) is 0 Å². The van der Waals surface area contributed by atoms with E-state index in [0.29, 0.717) is 12.0 Å². The van der Waals surface area contributed by atoms with Gasteiger partial charge in [0, 0.05) is 17.2 Å². The van der Waals surface area contributed by atoms with E-state index >= 15 is 0 Å². The fourth-order valence-electron chi connectivity index (χ4n) is 2.28. The molecule has 1 aliphatic carbocycles. The van der Waals surface area contributed by atoms with Crippen molar-refractivity contribution in [2.45, 2.75) is 50.4 Å². The van der Waals surface area contributed by atoms with Crippen LogP contribution in [-0.4, -0.2) is 29.4 Å². The van der Waals surface area contributed by atoms with E-state index in [4.69, 9.17) is 4.99 Å². The zero-order valence-electron chi connectivity index (χ0n) is 9.29. The Bertz CT molecular complexity index is 237. The molecule has 3 unspecified atom stereocenters. The molecule has 2 nitrogen and oxygen atoms in total. The van der Waals surface area contributed by atoms with Gasteiger partial charge in [-0.2, -0.15) is 0 Å². The molecular formula is C11H20N2S. The molecule has 14 heavy (non-hydrogen) atoms. The first-order valence-electron chi connectivity index (χ1n) is 5.62. The molecular weight excluding hydrogens is 192 g/mol. The van der Waals surface area contributed by atoms with Crippen LogP contribution in [0.15, 0.2) is 4.99 Å². The molecule has 0 saturated heterocycles. The molecule has 0 radical (unpaired) electrons. The van der Waals surface area contributed by atoms with Crippen molar-refractivity contribution in [3.63, 3.8) is 0 Å². The Balaban J connectivity index is 1.98. The highest BCUT2D eigenvalue weighted by Crippen LogP contribution is 2.38. The summed E-state index contributed by atoms with van der Waals surface area (Å²) in [7, 11) is 2.08. The van der Waals surface area contributed by atoms with Crippen molar-refractivity contribution in [3.05, 3.63) is 0 Å².